The van der Waals surface area contributed by atoms with Crippen LogP contribution in [0, 0.1) is 17.6 Å². The molecule has 2 heterocycles. The molecule has 140 valence electrons. The normalized spacial score (nSPS) is 23.2. The quantitative estimate of drug-likeness (QED) is 0.856. The molecule has 0 aromatic carbocycles. The summed E-state index contributed by atoms with van der Waals surface area (Å²) in [6.45, 7) is 0. The Bertz CT molecular complexity index is 791. The van der Waals surface area contributed by atoms with Crippen LogP contribution in [0.1, 0.15) is 44.2 Å². The molecule has 0 atom stereocenters. The molecule has 3 N–H and O–H groups in total. The fourth-order valence-corrected chi connectivity index (χ4v) is 3.71. The Labute approximate surface area is 152 Å². The number of nitrogens with one attached hydrogen (secondary N) is 1. The molecule has 0 spiro atoms. The van der Waals surface area contributed by atoms with Crippen molar-refractivity contribution >= 4 is 5.82 Å². The minimum absolute atomic E-state index is 0.114. The molecule has 4 rings (SSSR count). The van der Waals surface area contributed by atoms with Gasteiger partial charge in [0, 0.05) is 36.5 Å². The SMILES string of the molecule is Cn1ncc(-c2nc(N[C@H]3CC[C@H](N)CC3)c(F)cc2F)c1CC1CC1. The van der Waals surface area contributed by atoms with E-state index in [9.17, 15) is 8.78 Å². The zero-order valence-electron chi connectivity index (χ0n) is 15.0. The van der Waals surface area contributed by atoms with E-state index >= 15 is 0 Å². The van der Waals surface area contributed by atoms with Gasteiger partial charge in [-0.15, -0.1) is 0 Å². The van der Waals surface area contributed by atoms with Crippen molar-refractivity contribution in [1.82, 2.24) is 14.8 Å². The van der Waals surface area contributed by atoms with Crippen LogP contribution < -0.4 is 11.1 Å². The molecule has 2 aromatic rings. The van der Waals surface area contributed by atoms with E-state index in [1.807, 2.05) is 7.05 Å². The lowest BCUT2D eigenvalue weighted by Gasteiger charge is -2.27. The van der Waals surface area contributed by atoms with Gasteiger partial charge in [-0.1, -0.05) is 0 Å². The lowest BCUT2D eigenvalue weighted by molar-refractivity contribution is 0.409. The van der Waals surface area contributed by atoms with E-state index in [4.69, 9.17) is 5.73 Å². The second kappa shape index (κ2) is 6.95. The van der Waals surface area contributed by atoms with Gasteiger partial charge in [-0.2, -0.15) is 5.10 Å². The van der Waals surface area contributed by atoms with Crippen LogP contribution in [0.2, 0.25) is 0 Å². The molecule has 0 amide bonds. The number of hydrogen-bond donors (Lipinski definition) is 2. The molecule has 0 unspecified atom stereocenters. The van der Waals surface area contributed by atoms with Crippen molar-refractivity contribution in [1.29, 1.82) is 0 Å². The first kappa shape index (κ1) is 17.4. The summed E-state index contributed by atoms with van der Waals surface area (Å²) in [6, 6.07) is 1.26. The lowest BCUT2D eigenvalue weighted by Crippen LogP contribution is -2.33. The Balaban J connectivity index is 1.62. The zero-order valence-corrected chi connectivity index (χ0v) is 15.0. The third kappa shape index (κ3) is 3.58. The van der Waals surface area contributed by atoms with Crippen molar-refractivity contribution in [3.8, 4) is 11.3 Å². The topological polar surface area (TPSA) is 68.8 Å². The first-order valence-corrected chi connectivity index (χ1v) is 9.40. The van der Waals surface area contributed by atoms with Gasteiger partial charge < -0.3 is 11.1 Å². The van der Waals surface area contributed by atoms with Crippen LogP contribution in [0.3, 0.4) is 0 Å². The highest BCUT2D eigenvalue weighted by atomic mass is 19.1. The van der Waals surface area contributed by atoms with E-state index in [1.165, 1.54) is 12.8 Å². The highest BCUT2D eigenvalue weighted by molar-refractivity contribution is 5.64. The summed E-state index contributed by atoms with van der Waals surface area (Å²) in [5.41, 5.74) is 7.72. The third-order valence-corrected chi connectivity index (χ3v) is 5.54. The summed E-state index contributed by atoms with van der Waals surface area (Å²) >= 11 is 0. The molecule has 26 heavy (non-hydrogen) atoms. The molecule has 2 aliphatic rings. The van der Waals surface area contributed by atoms with E-state index in [-0.39, 0.29) is 23.6 Å². The van der Waals surface area contributed by atoms with Crippen LogP contribution in [0.25, 0.3) is 11.3 Å². The van der Waals surface area contributed by atoms with Crippen LogP contribution in [0.5, 0.6) is 0 Å². The number of aromatic nitrogens is 3. The summed E-state index contributed by atoms with van der Waals surface area (Å²) < 4.78 is 30.6. The Kier molecular flexibility index (Phi) is 4.65. The van der Waals surface area contributed by atoms with E-state index in [1.54, 1.807) is 10.9 Å². The van der Waals surface area contributed by atoms with Crippen LogP contribution in [0.15, 0.2) is 12.3 Å². The van der Waals surface area contributed by atoms with Gasteiger partial charge in [0.2, 0.25) is 0 Å². The Hall–Kier alpha value is -2.02. The maximum Gasteiger partial charge on any atom is 0.168 e. The predicted molar refractivity (Wildman–Crippen MR) is 96.6 cm³/mol. The summed E-state index contributed by atoms with van der Waals surface area (Å²) in [4.78, 5) is 4.31. The highest BCUT2D eigenvalue weighted by Crippen LogP contribution is 2.36. The highest BCUT2D eigenvalue weighted by Gasteiger charge is 2.27. The van der Waals surface area contributed by atoms with Gasteiger partial charge in [0.15, 0.2) is 17.5 Å². The average molecular weight is 361 g/mol. The van der Waals surface area contributed by atoms with Gasteiger partial charge >= 0.3 is 0 Å². The molecular formula is C19H25F2N5. The summed E-state index contributed by atoms with van der Waals surface area (Å²) in [5.74, 6) is -0.558. The number of anilines is 1. The second-order valence-corrected chi connectivity index (χ2v) is 7.68. The van der Waals surface area contributed by atoms with Crippen LogP contribution in [0.4, 0.5) is 14.6 Å². The van der Waals surface area contributed by atoms with E-state index in [2.05, 4.69) is 15.4 Å². The molecule has 0 radical (unpaired) electrons. The van der Waals surface area contributed by atoms with Crippen LogP contribution >= 0.6 is 0 Å². The molecule has 0 bridgehead atoms. The molecule has 0 aliphatic heterocycles. The Morgan fingerprint density at radius 2 is 1.88 bits per heavy atom. The van der Waals surface area contributed by atoms with E-state index in [0.29, 0.717) is 11.5 Å². The monoisotopic (exact) mass is 361 g/mol. The molecular weight excluding hydrogens is 336 g/mol. The van der Waals surface area contributed by atoms with Crippen molar-refractivity contribution in [2.45, 2.75) is 57.0 Å². The summed E-state index contributed by atoms with van der Waals surface area (Å²) in [6.07, 6.45) is 8.42. The van der Waals surface area contributed by atoms with Gasteiger partial charge in [-0.25, -0.2) is 13.8 Å². The van der Waals surface area contributed by atoms with Crippen molar-refractivity contribution in [3.63, 3.8) is 0 Å². The fraction of sp³-hybridized carbons (Fsp3) is 0.579. The average Bonchev–Trinajstić information content (AvgIpc) is 3.36. The maximum atomic E-state index is 14.5. The fourth-order valence-electron chi connectivity index (χ4n) is 3.71. The second-order valence-electron chi connectivity index (χ2n) is 7.68. The van der Waals surface area contributed by atoms with Crippen molar-refractivity contribution in [3.05, 3.63) is 29.6 Å². The van der Waals surface area contributed by atoms with E-state index < -0.39 is 11.6 Å². The molecule has 2 aromatic heterocycles. The first-order valence-electron chi connectivity index (χ1n) is 9.40. The molecule has 7 heteroatoms. The largest absolute Gasteiger partial charge is 0.365 e. The lowest BCUT2D eigenvalue weighted by atomic mass is 9.92. The molecule has 2 saturated carbocycles. The predicted octanol–water partition coefficient (Wildman–Crippen LogP) is 3.39. The van der Waals surface area contributed by atoms with Crippen molar-refractivity contribution in [2.24, 2.45) is 18.7 Å². The van der Waals surface area contributed by atoms with Crippen molar-refractivity contribution < 1.29 is 8.78 Å². The van der Waals surface area contributed by atoms with Gasteiger partial charge in [-0.05, 0) is 50.9 Å². The van der Waals surface area contributed by atoms with Gasteiger partial charge in [0.1, 0.15) is 5.69 Å². The van der Waals surface area contributed by atoms with Gasteiger partial charge in [-0.3, -0.25) is 4.68 Å². The summed E-state index contributed by atoms with van der Waals surface area (Å²) in [7, 11) is 1.85. The van der Waals surface area contributed by atoms with Crippen molar-refractivity contribution in [2.75, 3.05) is 5.32 Å². The minimum Gasteiger partial charge on any atom is -0.365 e. The van der Waals surface area contributed by atoms with Gasteiger partial charge in [0.25, 0.3) is 0 Å². The van der Waals surface area contributed by atoms with Gasteiger partial charge in [0.05, 0.1) is 6.20 Å². The number of nitrogens with two attached hydrogens (primary N) is 1. The first-order chi connectivity index (χ1) is 12.5. The Morgan fingerprint density at radius 3 is 2.58 bits per heavy atom. The molecule has 0 saturated heterocycles. The third-order valence-electron chi connectivity index (χ3n) is 5.54. The number of aryl methyl sites for hydroxylation is 1. The van der Waals surface area contributed by atoms with Crippen LogP contribution in [-0.2, 0) is 13.5 Å². The molecule has 5 nitrogen and oxygen atoms in total. The minimum atomic E-state index is -0.659. The number of halogens is 2. The smallest absolute Gasteiger partial charge is 0.168 e. The maximum absolute atomic E-state index is 14.5. The number of rotatable bonds is 5. The Morgan fingerprint density at radius 1 is 1.15 bits per heavy atom. The standard InChI is InChI=1S/C19H25F2N5/c1-26-17(8-11-2-3-11)14(10-23-26)18-15(20)9-16(21)19(25-18)24-13-6-4-12(22)5-7-13/h9-13H,2-8,22H2,1H3,(H,24,25)/t12-,13-. The molecule has 2 fully saturated rings. The molecule has 2 aliphatic carbocycles. The van der Waals surface area contributed by atoms with E-state index in [0.717, 1.165) is 43.9 Å². The van der Waals surface area contributed by atoms with Crippen LogP contribution in [-0.4, -0.2) is 26.8 Å². The number of nitrogens with zero attached hydrogens (tertiary/aromatic N) is 3. The zero-order chi connectivity index (χ0) is 18.3. The number of hydrogen-bond acceptors (Lipinski definition) is 4. The summed E-state index contributed by atoms with van der Waals surface area (Å²) in [5, 5.41) is 7.42. The number of pyridine rings is 1.